The molecule has 0 saturated heterocycles. The number of hydrogen-bond donors (Lipinski definition) is 2. The lowest BCUT2D eigenvalue weighted by Crippen LogP contribution is -2.29. The maximum Gasteiger partial charge on any atom is 0.488 e. The van der Waals surface area contributed by atoms with Crippen LogP contribution in [0.3, 0.4) is 0 Å². The minimum atomic E-state index is -1.52. The quantitative estimate of drug-likeness (QED) is 0.847. The van der Waals surface area contributed by atoms with Crippen molar-refractivity contribution in [3.05, 3.63) is 57.0 Å². The van der Waals surface area contributed by atoms with E-state index in [1.807, 2.05) is 0 Å². The highest BCUT2D eigenvalue weighted by molar-refractivity contribution is 6.58. The van der Waals surface area contributed by atoms with Gasteiger partial charge in [0, 0.05) is 5.02 Å². The van der Waals surface area contributed by atoms with Crippen LogP contribution in [0.2, 0.25) is 15.1 Å². The zero-order valence-corrected chi connectivity index (χ0v) is 12.5. The molecule has 7 heteroatoms. The minimum absolute atomic E-state index is 0.196. The lowest BCUT2D eigenvalue weighted by molar-refractivity contribution is 0.306. The molecule has 0 spiro atoms. The minimum Gasteiger partial charge on any atom is -0.486 e. The van der Waals surface area contributed by atoms with Crippen LogP contribution in [0.1, 0.15) is 5.56 Å². The average Bonchev–Trinajstić information content (AvgIpc) is 2.37. The van der Waals surface area contributed by atoms with Gasteiger partial charge in [0.1, 0.15) is 6.61 Å². The molecule has 2 N–H and O–H groups in total. The maximum atomic E-state index is 9.11. The van der Waals surface area contributed by atoms with Gasteiger partial charge < -0.3 is 14.8 Å². The van der Waals surface area contributed by atoms with Crippen LogP contribution in [0.25, 0.3) is 0 Å². The van der Waals surface area contributed by atoms with E-state index >= 15 is 0 Å². The third-order valence-corrected chi connectivity index (χ3v) is 3.38. The molecule has 0 atom stereocenters. The lowest BCUT2D eigenvalue weighted by atomic mass is 9.80. The fraction of sp³-hybridized carbons (Fsp3) is 0.0769. The third-order valence-electron chi connectivity index (χ3n) is 2.60. The van der Waals surface area contributed by atoms with Crippen LogP contribution in [0.4, 0.5) is 0 Å². The van der Waals surface area contributed by atoms with Crippen molar-refractivity contribution in [2.75, 3.05) is 0 Å². The lowest BCUT2D eigenvalue weighted by Gasteiger charge is -2.11. The van der Waals surface area contributed by atoms with Crippen molar-refractivity contribution in [3.63, 3.8) is 0 Å². The molecule has 2 aromatic carbocycles. The van der Waals surface area contributed by atoms with Crippen LogP contribution in [-0.2, 0) is 6.61 Å². The van der Waals surface area contributed by atoms with E-state index in [0.29, 0.717) is 26.3 Å². The van der Waals surface area contributed by atoms with E-state index in [9.17, 15) is 0 Å². The Hall–Kier alpha value is -0.905. The fourth-order valence-corrected chi connectivity index (χ4v) is 2.59. The number of rotatable bonds is 4. The van der Waals surface area contributed by atoms with Gasteiger partial charge in [0.05, 0.1) is 10.0 Å². The van der Waals surface area contributed by atoms with E-state index in [2.05, 4.69) is 0 Å². The molecule has 0 aromatic heterocycles. The molecule has 0 fully saturated rings. The maximum absolute atomic E-state index is 9.11. The summed E-state index contributed by atoms with van der Waals surface area (Å²) < 4.78 is 5.56. The summed E-state index contributed by atoms with van der Waals surface area (Å²) in [6.07, 6.45) is 0. The Labute approximate surface area is 131 Å². The molecule has 0 heterocycles. The van der Waals surface area contributed by atoms with E-state index in [1.54, 1.807) is 24.3 Å². The molecule has 0 radical (unpaired) electrons. The fourth-order valence-electron chi connectivity index (χ4n) is 1.67. The summed E-state index contributed by atoms with van der Waals surface area (Å²) in [5.74, 6) is 0.340. The Balaban J connectivity index is 2.15. The molecule has 0 aliphatic heterocycles. The van der Waals surface area contributed by atoms with Gasteiger partial charge in [-0.3, -0.25) is 0 Å². The number of hydrogen-bond acceptors (Lipinski definition) is 3. The van der Waals surface area contributed by atoms with Gasteiger partial charge in [0.15, 0.2) is 5.75 Å². The van der Waals surface area contributed by atoms with Crippen LogP contribution in [0, 0.1) is 0 Å². The summed E-state index contributed by atoms with van der Waals surface area (Å²) in [7, 11) is -1.52. The normalized spacial score (nSPS) is 10.4. The summed E-state index contributed by atoms with van der Waals surface area (Å²) in [5, 5.41) is 19.3. The van der Waals surface area contributed by atoms with Crippen LogP contribution in [-0.4, -0.2) is 17.2 Å². The largest absolute Gasteiger partial charge is 0.488 e. The monoisotopic (exact) mass is 330 g/mol. The molecule has 0 aliphatic rings. The molecule has 0 unspecified atom stereocenters. The third kappa shape index (κ3) is 3.81. The second-order valence-corrected chi connectivity index (χ2v) is 5.36. The zero-order valence-electron chi connectivity index (χ0n) is 10.2. The van der Waals surface area contributed by atoms with Gasteiger partial charge >= 0.3 is 7.12 Å². The van der Waals surface area contributed by atoms with Crippen LogP contribution >= 0.6 is 34.8 Å². The van der Waals surface area contributed by atoms with Crippen molar-refractivity contribution in [1.29, 1.82) is 0 Å². The first kappa shape index (κ1) is 15.5. The van der Waals surface area contributed by atoms with Gasteiger partial charge in [-0.05, 0) is 23.2 Å². The summed E-state index contributed by atoms with van der Waals surface area (Å²) in [6, 6.07) is 9.82. The topological polar surface area (TPSA) is 49.7 Å². The molecule has 0 saturated carbocycles. The second-order valence-electron chi connectivity index (χ2n) is 4.11. The number of ether oxygens (including phenoxy) is 1. The molecule has 104 valence electrons. The Morgan fingerprint density at radius 3 is 2.25 bits per heavy atom. The molecule has 2 rings (SSSR count). The van der Waals surface area contributed by atoms with Crippen molar-refractivity contribution in [3.8, 4) is 5.75 Å². The first-order valence-corrected chi connectivity index (χ1v) is 6.83. The first-order valence-electron chi connectivity index (χ1n) is 5.69. The Bertz CT molecular complexity index is 597. The van der Waals surface area contributed by atoms with Crippen LogP contribution < -0.4 is 10.2 Å². The van der Waals surface area contributed by atoms with E-state index in [-0.39, 0.29) is 6.61 Å². The molecule has 2 aromatic rings. The molecule has 0 aliphatic carbocycles. The molecule has 0 amide bonds. The summed E-state index contributed by atoms with van der Waals surface area (Å²) >= 11 is 17.8. The highest BCUT2D eigenvalue weighted by Gasteiger charge is 2.12. The summed E-state index contributed by atoms with van der Waals surface area (Å²) in [6.45, 7) is 0.196. The van der Waals surface area contributed by atoms with Gasteiger partial charge in [0.25, 0.3) is 0 Å². The highest BCUT2D eigenvalue weighted by Crippen LogP contribution is 2.36. The molecular weight excluding hydrogens is 321 g/mol. The average molecular weight is 331 g/mol. The smallest absolute Gasteiger partial charge is 0.486 e. The number of benzene rings is 2. The van der Waals surface area contributed by atoms with Crippen molar-refractivity contribution < 1.29 is 14.8 Å². The Morgan fingerprint density at radius 2 is 1.65 bits per heavy atom. The molecule has 20 heavy (non-hydrogen) atoms. The number of halogens is 3. The second kappa shape index (κ2) is 6.70. The van der Waals surface area contributed by atoms with E-state index in [1.165, 1.54) is 12.1 Å². The van der Waals surface area contributed by atoms with Gasteiger partial charge in [0.2, 0.25) is 0 Å². The predicted molar refractivity (Wildman–Crippen MR) is 82.1 cm³/mol. The van der Waals surface area contributed by atoms with Crippen LogP contribution in [0.15, 0.2) is 36.4 Å². The molecule has 3 nitrogen and oxygen atoms in total. The van der Waals surface area contributed by atoms with E-state index < -0.39 is 7.12 Å². The highest BCUT2D eigenvalue weighted by atomic mass is 35.5. The van der Waals surface area contributed by atoms with Crippen molar-refractivity contribution in [2.45, 2.75) is 6.61 Å². The SMILES string of the molecule is OB(O)c1cccc(COc2c(Cl)cc(Cl)cc2Cl)c1. The van der Waals surface area contributed by atoms with Crippen molar-refractivity contribution in [2.24, 2.45) is 0 Å². The molecular formula is C13H10BCl3O3. The van der Waals surface area contributed by atoms with Crippen LogP contribution in [0.5, 0.6) is 5.75 Å². The first-order chi connectivity index (χ1) is 9.47. The summed E-state index contributed by atoms with van der Waals surface area (Å²) in [4.78, 5) is 0. The Kier molecular flexibility index (Phi) is 5.19. The van der Waals surface area contributed by atoms with Crippen molar-refractivity contribution in [1.82, 2.24) is 0 Å². The zero-order chi connectivity index (χ0) is 14.7. The van der Waals surface area contributed by atoms with Gasteiger partial charge in [-0.1, -0.05) is 59.1 Å². The van der Waals surface area contributed by atoms with Crippen molar-refractivity contribution >= 4 is 47.4 Å². The summed E-state index contributed by atoms with van der Waals surface area (Å²) in [5.41, 5.74) is 1.15. The van der Waals surface area contributed by atoms with E-state index in [0.717, 1.165) is 5.56 Å². The van der Waals surface area contributed by atoms with E-state index in [4.69, 9.17) is 49.6 Å². The Morgan fingerprint density at radius 1 is 1.00 bits per heavy atom. The standard InChI is InChI=1S/C13H10BCl3O3/c15-10-5-11(16)13(12(17)6-10)20-7-8-2-1-3-9(4-8)14(18)19/h1-6,18-19H,7H2. The molecule has 0 bridgehead atoms. The van der Waals surface area contributed by atoms with Gasteiger partial charge in [-0.25, -0.2) is 0 Å². The van der Waals surface area contributed by atoms with Gasteiger partial charge in [-0.2, -0.15) is 0 Å². The predicted octanol–water partition coefficient (Wildman–Crippen LogP) is 2.91. The van der Waals surface area contributed by atoms with Gasteiger partial charge in [-0.15, -0.1) is 0 Å².